The van der Waals surface area contributed by atoms with Gasteiger partial charge in [-0.25, -0.2) is 0 Å². The van der Waals surface area contributed by atoms with E-state index in [-0.39, 0.29) is 0 Å². The van der Waals surface area contributed by atoms with Crippen LogP contribution in [0, 0.1) is 0 Å². The monoisotopic (exact) mass is 318 g/mol. The van der Waals surface area contributed by atoms with Crippen molar-refractivity contribution in [2.45, 2.75) is 96.4 Å². The quantitative estimate of drug-likeness (QED) is 0.272. The van der Waals surface area contributed by atoms with Gasteiger partial charge in [0, 0.05) is 0 Å². The minimum atomic E-state index is -1.33. The second-order valence-electron chi connectivity index (χ2n) is 5.96. The standard InChI is InChI=1S/C15H34O3Si2/c1-2-3-4-5-6-7-8-9-10-11-12-13-14-15-20-17-16-19-18-20/h20H,2-15,19H2,1H3. The smallest absolute Gasteiger partial charge is 0.349 e. The molecule has 120 valence electrons. The predicted octanol–water partition coefficient (Wildman–Crippen LogP) is 4.28. The maximum Gasteiger partial charge on any atom is 0.349 e. The summed E-state index contributed by atoms with van der Waals surface area (Å²) in [4.78, 5) is 0. The van der Waals surface area contributed by atoms with Gasteiger partial charge in [-0.2, -0.15) is 0 Å². The summed E-state index contributed by atoms with van der Waals surface area (Å²) in [5.41, 5.74) is 0. The van der Waals surface area contributed by atoms with Gasteiger partial charge >= 0.3 is 19.3 Å². The molecule has 1 aliphatic rings. The van der Waals surface area contributed by atoms with Crippen LogP contribution in [0.2, 0.25) is 6.04 Å². The summed E-state index contributed by atoms with van der Waals surface area (Å²) >= 11 is 0. The van der Waals surface area contributed by atoms with Crippen molar-refractivity contribution in [2.24, 2.45) is 0 Å². The molecule has 0 aliphatic carbocycles. The van der Waals surface area contributed by atoms with E-state index in [1.54, 1.807) is 0 Å². The van der Waals surface area contributed by atoms with Crippen LogP contribution >= 0.6 is 0 Å². The molecule has 5 heteroatoms. The molecule has 1 atom stereocenters. The van der Waals surface area contributed by atoms with E-state index in [1.165, 1.54) is 83.5 Å². The molecule has 20 heavy (non-hydrogen) atoms. The van der Waals surface area contributed by atoms with E-state index in [1.807, 2.05) is 0 Å². The second kappa shape index (κ2) is 14.3. The van der Waals surface area contributed by atoms with Crippen LogP contribution in [0.4, 0.5) is 0 Å². The maximum absolute atomic E-state index is 5.49. The molecule has 1 aliphatic heterocycles. The van der Waals surface area contributed by atoms with Crippen LogP contribution in [-0.4, -0.2) is 19.3 Å². The summed E-state index contributed by atoms with van der Waals surface area (Å²) in [7, 11) is -2.06. The molecule has 0 amide bonds. The Labute approximate surface area is 129 Å². The summed E-state index contributed by atoms with van der Waals surface area (Å²) in [6.45, 7) is 2.28. The number of rotatable bonds is 14. The number of hydrogen-bond donors (Lipinski definition) is 0. The fourth-order valence-electron chi connectivity index (χ4n) is 2.70. The normalized spacial score (nSPS) is 19.9. The molecule has 1 heterocycles. The van der Waals surface area contributed by atoms with Crippen molar-refractivity contribution < 1.29 is 13.3 Å². The van der Waals surface area contributed by atoms with Gasteiger partial charge in [0.15, 0.2) is 0 Å². The molecular weight excluding hydrogens is 284 g/mol. The Morgan fingerprint density at radius 1 is 0.700 bits per heavy atom. The molecule has 3 nitrogen and oxygen atoms in total. The zero-order valence-electron chi connectivity index (χ0n) is 13.4. The molecule has 0 saturated carbocycles. The molecule has 0 aromatic rings. The summed E-state index contributed by atoms with van der Waals surface area (Å²) in [5, 5.41) is 0. The number of unbranched alkanes of at least 4 members (excludes halogenated alkanes) is 12. The Morgan fingerprint density at radius 2 is 1.20 bits per heavy atom. The van der Waals surface area contributed by atoms with Gasteiger partial charge in [0.1, 0.15) is 0 Å². The first-order valence-electron chi connectivity index (χ1n) is 8.83. The van der Waals surface area contributed by atoms with Crippen molar-refractivity contribution in [2.75, 3.05) is 0 Å². The Balaban J connectivity index is 1.66. The first-order valence-corrected chi connectivity index (χ1v) is 11.7. The lowest BCUT2D eigenvalue weighted by Gasteiger charge is -2.05. The summed E-state index contributed by atoms with van der Waals surface area (Å²) < 4.78 is 15.5. The fourth-order valence-corrected chi connectivity index (χ4v) is 5.96. The summed E-state index contributed by atoms with van der Waals surface area (Å²) in [6.07, 6.45) is 18.3. The van der Waals surface area contributed by atoms with E-state index in [0.29, 0.717) is 0 Å². The van der Waals surface area contributed by atoms with E-state index in [0.717, 1.165) is 6.04 Å². The van der Waals surface area contributed by atoms with Crippen molar-refractivity contribution in [3.8, 4) is 0 Å². The third-order valence-corrected chi connectivity index (χ3v) is 7.79. The zero-order valence-corrected chi connectivity index (χ0v) is 16.0. The largest absolute Gasteiger partial charge is 0.418 e. The lowest BCUT2D eigenvalue weighted by Crippen LogP contribution is -2.13. The average Bonchev–Trinajstić information content (AvgIpc) is 2.97. The molecule has 0 radical (unpaired) electrons. The highest BCUT2D eigenvalue weighted by Gasteiger charge is 2.20. The molecule has 0 aromatic carbocycles. The lowest BCUT2D eigenvalue weighted by molar-refractivity contribution is -0.0927. The average molecular weight is 319 g/mol. The Bertz CT molecular complexity index is 200. The van der Waals surface area contributed by atoms with Gasteiger partial charge in [0.25, 0.3) is 0 Å². The summed E-state index contributed by atoms with van der Waals surface area (Å²) in [6, 6.07) is 1.14. The highest BCUT2D eigenvalue weighted by Crippen LogP contribution is 2.14. The third-order valence-electron chi connectivity index (χ3n) is 4.02. The SMILES string of the molecule is CCCCCCCCCCCCCCC[SiH]1OO[SiH2]O1. The predicted molar refractivity (Wildman–Crippen MR) is 89.5 cm³/mol. The Kier molecular flexibility index (Phi) is 13.1. The molecule has 1 saturated heterocycles. The van der Waals surface area contributed by atoms with Gasteiger partial charge in [-0.3, -0.25) is 9.15 Å². The van der Waals surface area contributed by atoms with E-state index in [2.05, 4.69) is 6.92 Å². The Morgan fingerprint density at radius 3 is 1.65 bits per heavy atom. The van der Waals surface area contributed by atoms with Gasteiger partial charge in [0.05, 0.1) is 0 Å². The van der Waals surface area contributed by atoms with E-state index < -0.39 is 19.3 Å². The molecular formula is C15H34O3Si2. The number of hydrogen-bond acceptors (Lipinski definition) is 3. The van der Waals surface area contributed by atoms with Crippen LogP contribution in [0.3, 0.4) is 0 Å². The minimum Gasteiger partial charge on any atom is -0.418 e. The Hall–Kier alpha value is 0.314. The van der Waals surface area contributed by atoms with Crippen molar-refractivity contribution in [1.29, 1.82) is 0 Å². The van der Waals surface area contributed by atoms with E-state index in [9.17, 15) is 0 Å². The van der Waals surface area contributed by atoms with Gasteiger partial charge in [-0.1, -0.05) is 90.4 Å². The highest BCUT2D eigenvalue weighted by atomic mass is 28.4. The van der Waals surface area contributed by atoms with Crippen LogP contribution < -0.4 is 0 Å². The van der Waals surface area contributed by atoms with Crippen molar-refractivity contribution in [3.05, 3.63) is 0 Å². The fraction of sp³-hybridized carbons (Fsp3) is 1.00. The van der Waals surface area contributed by atoms with Crippen LogP contribution in [0.25, 0.3) is 0 Å². The van der Waals surface area contributed by atoms with Gasteiger partial charge < -0.3 is 4.12 Å². The third kappa shape index (κ3) is 11.0. The first kappa shape index (κ1) is 18.4. The van der Waals surface area contributed by atoms with Crippen molar-refractivity contribution in [3.63, 3.8) is 0 Å². The van der Waals surface area contributed by atoms with Gasteiger partial charge in [-0.15, -0.1) is 0 Å². The maximum atomic E-state index is 5.49. The molecule has 1 unspecified atom stereocenters. The van der Waals surface area contributed by atoms with Crippen LogP contribution in [0.5, 0.6) is 0 Å². The van der Waals surface area contributed by atoms with Gasteiger partial charge in [0.2, 0.25) is 0 Å². The molecule has 0 bridgehead atoms. The van der Waals surface area contributed by atoms with Gasteiger partial charge in [-0.05, 0) is 6.04 Å². The van der Waals surface area contributed by atoms with Crippen molar-refractivity contribution in [1.82, 2.24) is 0 Å². The second-order valence-corrected chi connectivity index (χ2v) is 9.39. The summed E-state index contributed by atoms with van der Waals surface area (Å²) in [5.74, 6) is 0. The molecule has 1 fully saturated rings. The van der Waals surface area contributed by atoms with E-state index in [4.69, 9.17) is 13.3 Å². The molecule has 0 N–H and O–H groups in total. The molecule has 1 rings (SSSR count). The topological polar surface area (TPSA) is 27.7 Å². The zero-order chi connectivity index (χ0) is 14.3. The van der Waals surface area contributed by atoms with Crippen LogP contribution in [-0.2, 0) is 13.3 Å². The highest BCUT2D eigenvalue weighted by molar-refractivity contribution is 6.53. The van der Waals surface area contributed by atoms with E-state index >= 15 is 0 Å². The van der Waals surface area contributed by atoms with Crippen LogP contribution in [0.15, 0.2) is 0 Å². The van der Waals surface area contributed by atoms with Crippen LogP contribution in [0.1, 0.15) is 90.4 Å². The first-order chi connectivity index (χ1) is 9.93. The molecule has 0 spiro atoms. The molecule has 0 aromatic heterocycles. The minimum absolute atomic E-state index is 0.728. The van der Waals surface area contributed by atoms with Crippen molar-refractivity contribution >= 4 is 19.3 Å². The lowest BCUT2D eigenvalue weighted by atomic mass is 10.1.